The minimum atomic E-state index is -0.363. The van der Waals surface area contributed by atoms with E-state index in [-0.39, 0.29) is 11.0 Å². The molecule has 0 aliphatic heterocycles. The molecule has 3 aromatic rings. The molecule has 0 radical (unpaired) electrons. The van der Waals surface area contributed by atoms with Gasteiger partial charge in [-0.1, -0.05) is 6.07 Å². The molecule has 80 valence electrons. The lowest BCUT2D eigenvalue weighted by molar-refractivity contribution is 0.580. The van der Waals surface area contributed by atoms with E-state index < -0.39 is 0 Å². The highest BCUT2D eigenvalue weighted by Gasteiger charge is 2.11. The molecular weight excluding hydrogens is 231 g/mol. The van der Waals surface area contributed by atoms with Gasteiger partial charge < -0.3 is 9.40 Å². The molecule has 0 atom stereocenters. The fourth-order valence-electron chi connectivity index (χ4n) is 1.56. The Hall–Kier alpha value is -1.81. The number of rotatable bonds is 1. The lowest BCUT2D eigenvalue weighted by Gasteiger charge is -1.86. The number of halogens is 2. The summed E-state index contributed by atoms with van der Waals surface area (Å²) < 4.78 is 18.6. The maximum Gasteiger partial charge on any atom is 0.194 e. The Morgan fingerprint density at radius 1 is 1.25 bits per heavy atom. The van der Waals surface area contributed by atoms with Gasteiger partial charge in [0, 0.05) is 0 Å². The highest BCUT2D eigenvalue weighted by Crippen LogP contribution is 2.25. The summed E-state index contributed by atoms with van der Waals surface area (Å²) in [6, 6.07) is 8.02. The van der Waals surface area contributed by atoms with Gasteiger partial charge >= 0.3 is 0 Å². The number of hydrogen-bond acceptors (Lipinski definition) is 2. The number of fused-ring (bicyclic) bond motifs is 1. The van der Waals surface area contributed by atoms with Crippen molar-refractivity contribution in [1.82, 2.24) is 9.97 Å². The summed E-state index contributed by atoms with van der Waals surface area (Å²) in [7, 11) is 0. The van der Waals surface area contributed by atoms with Crippen molar-refractivity contribution in [1.29, 1.82) is 0 Å². The number of furan rings is 1. The number of aromatic nitrogens is 2. The number of nitrogens with zero attached hydrogens (tertiary/aromatic N) is 1. The van der Waals surface area contributed by atoms with Crippen molar-refractivity contribution in [2.45, 2.75) is 0 Å². The molecule has 16 heavy (non-hydrogen) atoms. The number of benzene rings is 1. The van der Waals surface area contributed by atoms with Gasteiger partial charge in [-0.15, -0.1) is 0 Å². The van der Waals surface area contributed by atoms with E-state index in [4.69, 9.17) is 16.0 Å². The van der Waals surface area contributed by atoms with Crippen LogP contribution in [0, 0.1) is 5.82 Å². The summed E-state index contributed by atoms with van der Waals surface area (Å²) in [4.78, 5) is 7.08. The average molecular weight is 237 g/mol. The van der Waals surface area contributed by atoms with Crippen molar-refractivity contribution in [3.63, 3.8) is 0 Å². The quantitative estimate of drug-likeness (QED) is 0.701. The minimum Gasteiger partial charge on any atom is -0.441 e. The molecule has 2 aromatic heterocycles. The fourth-order valence-corrected chi connectivity index (χ4v) is 1.70. The van der Waals surface area contributed by atoms with Gasteiger partial charge in [0.2, 0.25) is 0 Å². The van der Waals surface area contributed by atoms with Gasteiger partial charge in [-0.3, -0.25) is 0 Å². The first kappa shape index (κ1) is 9.42. The van der Waals surface area contributed by atoms with Crippen molar-refractivity contribution in [2.24, 2.45) is 0 Å². The van der Waals surface area contributed by atoms with E-state index in [1.54, 1.807) is 24.3 Å². The molecule has 0 spiro atoms. The van der Waals surface area contributed by atoms with Gasteiger partial charge in [-0.05, 0) is 35.9 Å². The standard InChI is InChI=1S/C11H6ClFN2O/c12-9-5-4-8(16-9)11-14-7-3-1-2-6(13)10(7)15-11/h1-5H,(H,14,15). The maximum absolute atomic E-state index is 13.4. The van der Waals surface area contributed by atoms with Gasteiger partial charge in [0.25, 0.3) is 0 Å². The molecule has 0 saturated carbocycles. The first-order valence-corrected chi connectivity index (χ1v) is 5.02. The SMILES string of the molecule is Fc1cccc2[nH]c(-c3ccc(Cl)o3)nc12. The first-order valence-electron chi connectivity index (χ1n) is 4.64. The van der Waals surface area contributed by atoms with Crippen molar-refractivity contribution in [3.05, 3.63) is 41.4 Å². The summed E-state index contributed by atoms with van der Waals surface area (Å²) >= 11 is 5.66. The Bertz CT molecular complexity index is 659. The van der Waals surface area contributed by atoms with Crippen LogP contribution in [0.2, 0.25) is 5.22 Å². The molecule has 0 amide bonds. The summed E-state index contributed by atoms with van der Waals surface area (Å²) in [6.45, 7) is 0. The average Bonchev–Trinajstić information content (AvgIpc) is 2.84. The molecule has 5 heteroatoms. The fraction of sp³-hybridized carbons (Fsp3) is 0. The van der Waals surface area contributed by atoms with E-state index in [2.05, 4.69) is 9.97 Å². The van der Waals surface area contributed by atoms with Crippen LogP contribution in [0.1, 0.15) is 0 Å². The number of H-pyrrole nitrogens is 1. The summed E-state index contributed by atoms with van der Waals surface area (Å²) in [5.41, 5.74) is 0.924. The van der Waals surface area contributed by atoms with Gasteiger partial charge in [0.05, 0.1) is 5.52 Å². The maximum atomic E-state index is 13.4. The van der Waals surface area contributed by atoms with Crippen LogP contribution in [0.5, 0.6) is 0 Å². The Morgan fingerprint density at radius 3 is 2.81 bits per heavy atom. The molecule has 0 unspecified atom stereocenters. The second-order valence-corrected chi connectivity index (χ2v) is 3.70. The predicted octanol–water partition coefficient (Wildman–Crippen LogP) is 3.62. The van der Waals surface area contributed by atoms with Crippen molar-refractivity contribution < 1.29 is 8.81 Å². The largest absolute Gasteiger partial charge is 0.441 e. The van der Waals surface area contributed by atoms with Crippen LogP contribution in [-0.4, -0.2) is 9.97 Å². The second-order valence-electron chi connectivity index (χ2n) is 3.33. The molecule has 2 heterocycles. The number of hydrogen-bond donors (Lipinski definition) is 1. The third kappa shape index (κ3) is 1.39. The van der Waals surface area contributed by atoms with Gasteiger partial charge in [-0.25, -0.2) is 9.37 Å². The van der Waals surface area contributed by atoms with Crippen LogP contribution >= 0.6 is 11.6 Å². The smallest absolute Gasteiger partial charge is 0.194 e. The van der Waals surface area contributed by atoms with Crippen LogP contribution in [0.25, 0.3) is 22.6 Å². The highest BCUT2D eigenvalue weighted by molar-refractivity contribution is 6.28. The Kier molecular flexibility index (Phi) is 1.97. The third-order valence-corrected chi connectivity index (χ3v) is 2.47. The number of nitrogens with one attached hydrogen (secondary N) is 1. The molecule has 0 aliphatic rings. The molecule has 0 bridgehead atoms. The number of para-hydroxylation sites is 1. The Labute approximate surface area is 94.9 Å². The Morgan fingerprint density at radius 2 is 2.12 bits per heavy atom. The molecule has 0 saturated heterocycles. The van der Waals surface area contributed by atoms with Crippen molar-refractivity contribution in [3.8, 4) is 11.6 Å². The molecule has 1 N–H and O–H groups in total. The monoisotopic (exact) mass is 236 g/mol. The van der Waals surface area contributed by atoms with E-state index in [0.29, 0.717) is 22.6 Å². The minimum absolute atomic E-state index is 0.274. The molecule has 3 nitrogen and oxygen atoms in total. The van der Waals surface area contributed by atoms with E-state index in [9.17, 15) is 4.39 Å². The molecular formula is C11H6ClFN2O. The highest BCUT2D eigenvalue weighted by atomic mass is 35.5. The number of imidazole rings is 1. The summed E-state index contributed by atoms with van der Waals surface area (Å²) in [5.74, 6) is 0.588. The zero-order valence-corrected chi connectivity index (χ0v) is 8.75. The summed E-state index contributed by atoms with van der Waals surface area (Å²) in [6.07, 6.45) is 0. The molecule has 3 rings (SSSR count). The van der Waals surface area contributed by atoms with Crippen molar-refractivity contribution >= 4 is 22.6 Å². The van der Waals surface area contributed by atoms with Crippen LogP contribution in [0.15, 0.2) is 34.7 Å². The van der Waals surface area contributed by atoms with Crippen LogP contribution in [0.3, 0.4) is 0 Å². The van der Waals surface area contributed by atoms with Gasteiger partial charge in [-0.2, -0.15) is 0 Å². The number of aromatic amines is 1. The first-order chi connectivity index (χ1) is 7.74. The van der Waals surface area contributed by atoms with Crippen molar-refractivity contribution in [2.75, 3.05) is 0 Å². The Balaban J connectivity index is 2.22. The molecule has 0 aliphatic carbocycles. The van der Waals surface area contributed by atoms with E-state index >= 15 is 0 Å². The van der Waals surface area contributed by atoms with Gasteiger partial charge in [0.15, 0.2) is 22.6 Å². The predicted molar refractivity (Wildman–Crippen MR) is 58.8 cm³/mol. The van der Waals surface area contributed by atoms with E-state index in [1.807, 2.05) is 0 Å². The topological polar surface area (TPSA) is 41.8 Å². The normalized spacial score (nSPS) is 11.1. The summed E-state index contributed by atoms with van der Waals surface area (Å²) in [5, 5.41) is 0.274. The lowest BCUT2D eigenvalue weighted by Crippen LogP contribution is -1.76. The van der Waals surface area contributed by atoms with Gasteiger partial charge in [0.1, 0.15) is 5.52 Å². The zero-order chi connectivity index (χ0) is 11.1. The lowest BCUT2D eigenvalue weighted by atomic mass is 10.3. The molecule has 0 fully saturated rings. The second kappa shape index (κ2) is 3.35. The third-order valence-electron chi connectivity index (χ3n) is 2.27. The molecule has 1 aromatic carbocycles. The van der Waals surface area contributed by atoms with Crippen LogP contribution in [0.4, 0.5) is 4.39 Å². The van der Waals surface area contributed by atoms with E-state index in [0.717, 1.165) is 0 Å². The van der Waals surface area contributed by atoms with E-state index in [1.165, 1.54) is 6.07 Å². The van der Waals surface area contributed by atoms with Crippen LogP contribution in [-0.2, 0) is 0 Å². The van der Waals surface area contributed by atoms with Crippen LogP contribution < -0.4 is 0 Å². The zero-order valence-electron chi connectivity index (χ0n) is 8.00.